The third kappa shape index (κ3) is 6.82. The first-order valence-corrected chi connectivity index (χ1v) is 8.88. The molecule has 0 aromatic carbocycles. The quantitative estimate of drug-likeness (QED) is 0.390. The van der Waals surface area contributed by atoms with E-state index in [1.807, 2.05) is 21.0 Å². The van der Waals surface area contributed by atoms with Crippen molar-refractivity contribution in [3.05, 3.63) is 0 Å². The van der Waals surface area contributed by atoms with E-state index in [0.29, 0.717) is 4.48 Å². The normalized spacial score (nSPS) is 14.9. The number of aliphatic carboxylic acids is 1. The minimum Gasteiger partial charge on any atom is -0.477 e. The maximum absolute atomic E-state index is 11.7. The number of hydrogen-bond acceptors (Lipinski definition) is 1. The third-order valence-corrected chi connectivity index (χ3v) is 5.35. The SMILES string of the molecule is CCCCCCCCCCCC(C)(C(=O)O)[N+](C)(C)CC. The van der Waals surface area contributed by atoms with Crippen molar-refractivity contribution >= 4 is 5.97 Å². The summed E-state index contributed by atoms with van der Waals surface area (Å²) in [6.07, 6.45) is 12.3. The Hall–Kier alpha value is -0.570. The number of carboxylic acids is 1. The van der Waals surface area contributed by atoms with Gasteiger partial charge in [0.25, 0.3) is 0 Å². The maximum Gasteiger partial charge on any atom is 0.365 e. The summed E-state index contributed by atoms with van der Waals surface area (Å²) in [5.74, 6) is -0.658. The van der Waals surface area contributed by atoms with Crippen LogP contribution in [-0.4, -0.2) is 41.7 Å². The van der Waals surface area contributed by atoms with Crippen LogP contribution in [0.15, 0.2) is 0 Å². The zero-order chi connectivity index (χ0) is 16.4. The fourth-order valence-electron chi connectivity index (χ4n) is 2.80. The van der Waals surface area contributed by atoms with Crippen LogP contribution in [0, 0.1) is 0 Å². The number of quaternary nitrogens is 1. The number of unbranched alkanes of at least 4 members (excludes halogenated alkanes) is 8. The summed E-state index contributed by atoms with van der Waals surface area (Å²) in [5.41, 5.74) is -0.657. The van der Waals surface area contributed by atoms with Crippen LogP contribution in [0.25, 0.3) is 0 Å². The smallest absolute Gasteiger partial charge is 0.365 e. The molecule has 3 nitrogen and oxygen atoms in total. The van der Waals surface area contributed by atoms with Crippen LogP contribution < -0.4 is 0 Å². The first-order chi connectivity index (χ1) is 9.81. The molecule has 1 atom stereocenters. The highest BCUT2D eigenvalue weighted by Gasteiger charge is 2.46. The third-order valence-electron chi connectivity index (χ3n) is 5.35. The second-order valence-corrected chi connectivity index (χ2v) is 7.16. The molecule has 0 saturated carbocycles. The minimum absolute atomic E-state index is 0.555. The number of rotatable bonds is 13. The molecule has 126 valence electrons. The van der Waals surface area contributed by atoms with Gasteiger partial charge in [0.1, 0.15) is 0 Å². The van der Waals surface area contributed by atoms with Gasteiger partial charge in [-0.2, -0.15) is 0 Å². The van der Waals surface area contributed by atoms with Crippen LogP contribution in [0.2, 0.25) is 0 Å². The zero-order valence-corrected chi connectivity index (χ0v) is 15.1. The van der Waals surface area contributed by atoms with Crippen molar-refractivity contribution in [2.45, 2.75) is 90.5 Å². The van der Waals surface area contributed by atoms with E-state index in [9.17, 15) is 9.90 Å². The molecule has 0 aliphatic rings. The number of likely N-dealkylation sites (N-methyl/N-ethyl adjacent to an activating group) is 1. The molecule has 0 saturated heterocycles. The molecular formula is C18H38NO2+. The fourth-order valence-corrected chi connectivity index (χ4v) is 2.80. The lowest BCUT2D eigenvalue weighted by atomic mass is 9.90. The predicted molar refractivity (Wildman–Crippen MR) is 90.5 cm³/mol. The molecule has 0 heterocycles. The van der Waals surface area contributed by atoms with Gasteiger partial charge in [-0.05, 0) is 13.3 Å². The Kier molecular flexibility index (Phi) is 9.93. The maximum atomic E-state index is 11.7. The Morgan fingerprint density at radius 1 is 0.905 bits per heavy atom. The largest absolute Gasteiger partial charge is 0.477 e. The molecular weight excluding hydrogens is 262 g/mol. The molecule has 3 heteroatoms. The van der Waals surface area contributed by atoms with Gasteiger partial charge in [-0.25, -0.2) is 4.79 Å². The number of nitrogens with zero attached hydrogens (tertiary/aromatic N) is 1. The van der Waals surface area contributed by atoms with Gasteiger partial charge in [0.2, 0.25) is 0 Å². The van der Waals surface area contributed by atoms with Gasteiger partial charge in [0.15, 0.2) is 5.54 Å². The Balaban J connectivity index is 3.94. The summed E-state index contributed by atoms with van der Waals surface area (Å²) in [6.45, 7) is 7.07. The Labute approximate surface area is 132 Å². The van der Waals surface area contributed by atoms with Gasteiger partial charge in [0.05, 0.1) is 20.6 Å². The lowest BCUT2D eigenvalue weighted by Gasteiger charge is -2.43. The molecule has 1 N–H and O–H groups in total. The van der Waals surface area contributed by atoms with Crippen molar-refractivity contribution < 1.29 is 14.4 Å². The van der Waals surface area contributed by atoms with Crippen molar-refractivity contribution in [1.82, 2.24) is 0 Å². The molecule has 0 aromatic rings. The molecule has 21 heavy (non-hydrogen) atoms. The summed E-state index contributed by atoms with van der Waals surface area (Å²) in [5, 5.41) is 9.61. The van der Waals surface area contributed by atoms with Crippen LogP contribution in [-0.2, 0) is 4.79 Å². The van der Waals surface area contributed by atoms with Crippen LogP contribution in [0.1, 0.15) is 85.0 Å². The van der Waals surface area contributed by atoms with Crippen molar-refractivity contribution in [2.75, 3.05) is 20.6 Å². The van der Waals surface area contributed by atoms with Crippen LogP contribution in [0.4, 0.5) is 0 Å². The van der Waals surface area contributed by atoms with E-state index in [-0.39, 0.29) is 0 Å². The lowest BCUT2D eigenvalue weighted by Crippen LogP contribution is -2.62. The minimum atomic E-state index is -0.658. The first kappa shape index (κ1) is 20.4. The van der Waals surface area contributed by atoms with Crippen molar-refractivity contribution in [2.24, 2.45) is 0 Å². The highest BCUT2D eigenvalue weighted by molar-refractivity contribution is 5.76. The second kappa shape index (κ2) is 10.2. The van der Waals surface area contributed by atoms with Gasteiger partial charge in [-0.1, -0.05) is 58.3 Å². The Bertz CT molecular complexity index is 289. The lowest BCUT2D eigenvalue weighted by molar-refractivity contribution is -0.929. The molecule has 0 bridgehead atoms. The van der Waals surface area contributed by atoms with Crippen molar-refractivity contribution in [3.63, 3.8) is 0 Å². The molecule has 0 amide bonds. The topological polar surface area (TPSA) is 37.3 Å². The van der Waals surface area contributed by atoms with Crippen LogP contribution >= 0.6 is 0 Å². The number of carbonyl (C=O) groups is 1. The molecule has 0 fully saturated rings. The second-order valence-electron chi connectivity index (χ2n) is 7.16. The van der Waals surface area contributed by atoms with Crippen LogP contribution in [0.3, 0.4) is 0 Å². The molecule has 0 aliphatic heterocycles. The number of carboxylic acid groups (broad SMARTS) is 1. The summed E-state index contributed by atoms with van der Waals surface area (Å²) in [7, 11) is 4.06. The zero-order valence-electron chi connectivity index (χ0n) is 15.1. The van der Waals surface area contributed by atoms with E-state index < -0.39 is 11.5 Å². The average Bonchev–Trinajstić information content (AvgIpc) is 2.44. The van der Waals surface area contributed by atoms with E-state index in [1.54, 1.807) is 0 Å². The van der Waals surface area contributed by atoms with Crippen molar-refractivity contribution in [1.29, 1.82) is 0 Å². The number of hydrogen-bond donors (Lipinski definition) is 1. The van der Waals surface area contributed by atoms with Crippen molar-refractivity contribution in [3.8, 4) is 0 Å². The summed E-state index contributed by atoms with van der Waals surface area (Å²) in [6, 6.07) is 0. The molecule has 0 aromatic heterocycles. The van der Waals surface area contributed by atoms with Gasteiger partial charge < -0.3 is 9.59 Å². The Morgan fingerprint density at radius 3 is 1.71 bits per heavy atom. The monoisotopic (exact) mass is 300 g/mol. The summed E-state index contributed by atoms with van der Waals surface area (Å²) < 4.78 is 0.555. The van der Waals surface area contributed by atoms with E-state index in [2.05, 4.69) is 13.8 Å². The van der Waals surface area contributed by atoms with Gasteiger partial charge >= 0.3 is 5.97 Å². The summed E-state index contributed by atoms with van der Waals surface area (Å²) in [4.78, 5) is 11.7. The van der Waals surface area contributed by atoms with E-state index in [1.165, 1.54) is 51.4 Å². The standard InChI is InChI=1S/C18H37NO2/c1-6-8-9-10-11-12-13-14-15-16-18(3,17(20)21)19(4,5)7-2/h6-16H2,1-5H3/p+1. The molecule has 0 radical (unpaired) electrons. The van der Waals surface area contributed by atoms with Gasteiger partial charge in [-0.3, -0.25) is 0 Å². The average molecular weight is 301 g/mol. The summed E-state index contributed by atoms with van der Waals surface area (Å²) >= 11 is 0. The predicted octanol–water partition coefficient (Wildman–Crippen LogP) is 4.85. The first-order valence-electron chi connectivity index (χ1n) is 8.88. The van der Waals surface area contributed by atoms with Crippen LogP contribution in [0.5, 0.6) is 0 Å². The van der Waals surface area contributed by atoms with Gasteiger partial charge in [0, 0.05) is 13.3 Å². The molecule has 0 aliphatic carbocycles. The molecule has 0 spiro atoms. The highest BCUT2D eigenvalue weighted by atomic mass is 16.4. The fraction of sp³-hybridized carbons (Fsp3) is 0.944. The van der Waals surface area contributed by atoms with Gasteiger partial charge in [-0.15, -0.1) is 0 Å². The van der Waals surface area contributed by atoms with E-state index in [4.69, 9.17) is 0 Å². The molecule has 0 rings (SSSR count). The highest BCUT2D eigenvalue weighted by Crippen LogP contribution is 2.27. The Morgan fingerprint density at radius 2 is 1.33 bits per heavy atom. The van der Waals surface area contributed by atoms with E-state index >= 15 is 0 Å². The molecule has 1 unspecified atom stereocenters. The van der Waals surface area contributed by atoms with E-state index in [0.717, 1.165) is 19.4 Å².